The first-order valence-corrected chi connectivity index (χ1v) is 8.23. The molecule has 2 aromatic rings. The molecule has 1 saturated heterocycles. The molecule has 0 unspecified atom stereocenters. The number of halogens is 1. The number of rotatable bonds is 3. The Balaban J connectivity index is 1.84. The van der Waals surface area contributed by atoms with Gasteiger partial charge in [-0.3, -0.25) is 9.59 Å². The average Bonchev–Trinajstić information content (AvgIpc) is 3.11. The molecule has 2 N–H and O–H groups in total. The van der Waals surface area contributed by atoms with Crippen LogP contribution >= 0.6 is 11.6 Å². The second kappa shape index (κ2) is 6.24. The van der Waals surface area contributed by atoms with Crippen molar-refractivity contribution >= 4 is 34.3 Å². The Morgan fingerprint density at radius 1 is 1.35 bits per heavy atom. The van der Waals surface area contributed by atoms with Gasteiger partial charge in [0.15, 0.2) is 0 Å². The second-order valence-corrected chi connectivity index (χ2v) is 6.67. The van der Waals surface area contributed by atoms with Crippen LogP contribution in [0, 0.1) is 0 Å². The lowest BCUT2D eigenvalue weighted by atomic mass is 10.2. The van der Waals surface area contributed by atoms with E-state index in [2.05, 4.69) is 10.3 Å². The highest BCUT2D eigenvalue weighted by Gasteiger charge is 2.35. The quantitative estimate of drug-likeness (QED) is 0.907. The van der Waals surface area contributed by atoms with Gasteiger partial charge in [-0.2, -0.15) is 0 Å². The van der Waals surface area contributed by atoms with Crippen molar-refractivity contribution < 1.29 is 9.59 Å². The lowest BCUT2D eigenvalue weighted by Gasteiger charge is -2.24. The van der Waals surface area contributed by atoms with E-state index >= 15 is 0 Å². The lowest BCUT2D eigenvalue weighted by Crippen LogP contribution is -2.47. The SMILES string of the molecule is CC(C)NC(=O)[C@H]1CCCN1C(=O)c1cc2cc(Cl)ccc2[nH]1. The molecule has 6 heteroatoms. The molecule has 2 heterocycles. The van der Waals surface area contributed by atoms with Gasteiger partial charge in [-0.05, 0) is 51.0 Å². The Labute approximate surface area is 140 Å². The number of aromatic amines is 1. The van der Waals surface area contributed by atoms with Gasteiger partial charge in [0.25, 0.3) is 5.91 Å². The maximum absolute atomic E-state index is 12.8. The van der Waals surface area contributed by atoms with Crippen LogP contribution < -0.4 is 5.32 Å². The van der Waals surface area contributed by atoms with Crippen molar-refractivity contribution in [3.8, 4) is 0 Å². The van der Waals surface area contributed by atoms with E-state index in [1.54, 1.807) is 17.0 Å². The third-order valence-corrected chi connectivity index (χ3v) is 4.30. The number of H-pyrrole nitrogens is 1. The van der Waals surface area contributed by atoms with Gasteiger partial charge in [-0.25, -0.2) is 0 Å². The standard InChI is InChI=1S/C17H20ClN3O2/c1-10(2)19-16(22)15-4-3-7-21(15)17(23)14-9-11-8-12(18)5-6-13(11)20-14/h5-6,8-10,15,20H,3-4,7H2,1-2H3,(H,19,22)/t15-/m1/s1. The first-order chi connectivity index (χ1) is 11.0. The van der Waals surface area contributed by atoms with Crippen molar-refractivity contribution in [2.45, 2.75) is 38.8 Å². The summed E-state index contributed by atoms with van der Waals surface area (Å²) in [7, 11) is 0. The number of aromatic nitrogens is 1. The van der Waals surface area contributed by atoms with Crippen LogP contribution in [0.25, 0.3) is 10.9 Å². The summed E-state index contributed by atoms with van der Waals surface area (Å²) in [6.07, 6.45) is 1.55. The molecule has 23 heavy (non-hydrogen) atoms. The zero-order chi connectivity index (χ0) is 16.6. The molecule has 1 aromatic carbocycles. The summed E-state index contributed by atoms with van der Waals surface area (Å²) in [5.41, 5.74) is 1.35. The molecule has 1 aliphatic heterocycles. The molecule has 2 amide bonds. The van der Waals surface area contributed by atoms with E-state index in [0.717, 1.165) is 17.3 Å². The predicted molar refractivity (Wildman–Crippen MR) is 90.6 cm³/mol. The summed E-state index contributed by atoms with van der Waals surface area (Å²) in [5.74, 6) is -0.219. The molecule has 1 aliphatic rings. The molecule has 3 rings (SSSR count). The highest BCUT2D eigenvalue weighted by atomic mass is 35.5. The van der Waals surface area contributed by atoms with Crippen molar-refractivity contribution in [2.75, 3.05) is 6.54 Å². The minimum atomic E-state index is -0.389. The normalized spacial score (nSPS) is 17.9. The van der Waals surface area contributed by atoms with E-state index in [4.69, 9.17) is 11.6 Å². The van der Waals surface area contributed by atoms with Crippen LogP contribution in [0.1, 0.15) is 37.2 Å². The molecular formula is C17H20ClN3O2. The van der Waals surface area contributed by atoms with Crippen LogP contribution in [0.4, 0.5) is 0 Å². The number of benzene rings is 1. The zero-order valence-electron chi connectivity index (χ0n) is 13.2. The number of nitrogens with zero attached hydrogens (tertiary/aromatic N) is 1. The summed E-state index contributed by atoms with van der Waals surface area (Å²) in [4.78, 5) is 29.8. The Morgan fingerprint density at radius 2 is 2.13 bits per heavy atom. The topological polar surface area (TPSA) is 65.2 Å². The van der Waals surface area contributed by atoms with Crippen molar-refractivity contribution in [3.05, 3.63) is 35.0 Å². The molecule has 1 fully saturated rings. The van der Waals surface area contributed by atoms with Gasteiger partial charge in [0, 0.05) is 28.5 Å². The van der Waals surface area contributed by atoms with Gasteiger partial charge in [-0.1, -0.05) is 11.6 Å². The van der Waals surface area contributed by atoms with Gasteiger partial charge in [0.1, 0.15) is 11.7 Å². The Kier molecular flexibility index (Phi) is 4.31. The van der Waals surface area contributed by atoms with Crippen LogP contribution in [-0.4, -0.2) is 40.3 Å². The molecule has 122 valence electrons. The second-order valence-electron chi connectivity index (χ2n) is 6.23. The summed E-state index contributed by atoms with van der Waals surface area (Å²) < 4.78 is 0. The number of carbonyl (C=O) groups is 2. The summed E-state index contributed by atoms with van der Waals surface area (Å²) in [6, 6.07) is 6.91. The summed E-state index contributed by atoms with van der Waals surface area (Å²) in [6.45, 7) is 4.44. The van der Waals surface area contributed by atoms with E-state index in [1.165, 1.54) is 0 Å². The smallest absolute Gasteiger partial charge is 0.270 e. The van der Waals surface area contributed by atoms with Gasteiger partial charge in [-0.15, -0.1) is 0 Å². The first kappa shape index (κ1) is 15.9. The maximum atomic E-state index is 12.8. The van der Waals surface area contributed by atoms with E-state index in [9.17, 15) is 9.59 Å². The summed E-state index contributed by atoms with van der Waals surface area (Å²) in [5, 5.41) is 4.42. The number of hydrogen-bond donors (Lipinski definition) is 2. The number of nitrogens with one attached hydrogen (secondary N) is 2. The van der Waals surface area contributed by atoms with Crippen LogP contribution in [0.15, 0.2) is 24.3 Å². The van der Waals surface area contributed by atoms with Crippen molar-refractivity contribution in [3.63, 3.8) is 0 Å². The number of hydrogen-bond acceptors (Lipinski definition) is 2. The monoisotopic (exact) mass is 333 g/mol. The van der Waals surface area contributed by atoms with Gasteiger partial charge in [0.05, 0.1) is 0 Å². The summed E-state index contributed by atoms with van der Waals surface area (Å²) >= 11 is 5.99. The van der Waals surface area contributed by atoms with Gasteiger partial charge >= 0.3 is 0 Å². The van der Waals surface area contributed by atoms with Gasteiger partial charge in [0.2, 0.25) is 5.91 Å². The van der Waals surface area contributed by atoms with Crippen LogP contribution in [0.5, 0.6) is 0 Å². The van der Waals surface area contributed by atoms with Crippen LogP contribution in [0.2, 0.25) is 5.02 Å². The van der Waals surface area contributed by atoms with Crippen molar-refractivity contribution in [2.24, 2.45) is 0 Å². The molecule has 5 nitrogen and oxygen atoms in total. The fourth-order valence-electron chi connectivity index (χ4n) is 3.04. The van der Waals surface area contributed by atoms with E-state index in [0.29, 0.717) is 23.7 Å². The maximum Gasteiger partial charge on any atom is 0.270 e. The fourth-order valence-corrected chi connectivity index (χ4v) is 3.22. The minimum Gasteiger partial charge on any atom is -0.352 e. The zero-order valence-corrected chi connectivity index (χ0v) is 14.0. The Morgan fingerprint density at radius 3 is 2.87 bits per heavy atom. The van der Waals surface area contributed by atoms with Gasteiger partial charge < -0.3 is 15.2 Å². The molecule has 0 bridgehead atoms. The largest absolute Gasteiger partial charge is 0.352 e. The highest BCUT2D eigenvalue weighted by Crippen LogP contribution is 2.24. The lowest BCUT2D eigenvalue weighted by molar-refractivity contribution is -0.125. The predicted octanol–water partition coefficient (Wildman–Crippen LogP) is 2.95. The molecule has 0 radical (unpaired) electrons. The minimum absolute atomic E-state index is 0.0651. The molecule has 0 saturated carbocycles. The number of amides is 2. The van der Waals surface area contributed by atoms with E-state index in [1.807, 2.05) is 26.0 Å². The molecule has 0 spiro atoms. The third-order valence-electron chi connectivity index (χ3n) is 4.06. The van der Waals surface area contributed by atoms with Crippen molar-refractivity contribution in [1.29, 1.82) is 0 Å². The molecule has 1 atom stereocenters. The number of fused-ring (bicyclic) bond motifs is 1. The van der Waals surface area contributed by atoms with Crippen molar-refractivity contribution in [1.82, 2.24) is 15.2 Å². The first-order valence-electron chi connectivity index (χ1n) is 7.85. The van der Waals surface area contributed by atoms with E-state index in [-0.39, 0.29) is 23.9 Å². The molecule has 0 aliphatic carbocycles. The Hall–Kier alpha value is -2.01. The highest BCUT2D eigenvalue weighted by molar-refractivity contribution is 6.31. The van der Waals surface area contributed by atoms with Crippen LogP contribution in [-0.2, 0) is 4.79 Å². The molecule has 1 aromatic heterocycles. The molecular weight excluding hydrogens is 314 g/mol. The Bertz CT molecular complexity index is 753. The fraction of sp³-hybridized carbons (Fsp3) is 0.412. The third kappa shape index (κ3) is 3.20. The van der Waals surface area contributed by atoms with Crippen LogP contribution in [0.3, 0.4) is 0 Å². The average molecular weight is 334 g/mol. The number of likely N-dealkylation sites (tertiary alicyclic amines) is 1. The van der Waals surface area contributed by atoms with E-state index < -0.39 is 0 Å². The number of carbonyl (C=O) groups excluding carboxylic acids is 2.